The first kappa shape index (κ1) is 16.3. The predicted octanol–water partition coefficient (Wildman–Crippen LogP) is 2.71. The molecule has 2 atom stereocenters. The second-order valence-corrected chi connectivity index (χ2v) is 7.42. The van der Waals surface area contributed by atoms with E-state index in [0.29, 0.717) is 0 Å². The van der Waals surface area contributed by atoms with Crippen LogP contribution in [-0.4, -0.2) is 62.3 Å². The van der Waals surface area contributed by atoms with Crippen LogP contribution in [0.3, 0.4) is 0 Å². The molecular weight excluding hydrogens is 248 g/mol. The van der Waals surface area contributed by atoms with Crippen LogP contribution in [0.15, 0.2) is 0 Å². The Labute approximate surface area is 125 Å². The van der Waals surface area contributed by atoms with Crippen molar-refractivity contribution in [2.24, 2.45) is 17.8 Å². The van der Waals surface area contributed by atoms with Crippen LogP contribution in [0.2, 0.25) is 0 Å². The van der Waals surface area contributed by atoms with Gasteiger partial charge in [0.05, 0.1) is 13.2 Å². The number of morpholine rings is 1. The summed E-state index contributed by atoms with van der Waals surface area (Å²) in [6.07, 6.45) is 4.26. The molecule has 2 rings (SSSR count). The van der Waals surface area contributed by atoms with E-state index in [1.54, 1.807) is 0 Å². The van der Waals surface area contributed by atoms with Crippen molar-refractivity contribution in [3.8, 4) is 0 Å². The van der Waals surface area contributed by atoms with E-state index in [9.17, 15) is 0 Å². The molecule has 0 radical (unpaired) electrons. The van der Waals surface area contributed by atoms with Crippen molar-refractivity contribution >= 4 is 0 Å². The van der Waals surface area contributed by atoms with Crippen molar-refractivity contribution in [3.05, 3.63) is 0 Å². The van der Waals surface area contributed by atoms with Crippen LogP contribution < -0.4 is 0 Å². The van der Waals surface area contributed by atoms with E-state index in [-0.39, 0.29) is 0 Å². The molecule has 2 saturated heterocycles. The Bertz CT molecular complexity index is 264. The van der Waals surface area contributed by atoms with Gasteiger partial charge in [0.1, 0.15) is 0 Å². The Hall–Kier alpha value is -0.120. The molecule has 0 spiro atoms. The van der Waals surface area contributed by atoms with Gasteiger partial charge in [-0.3, -0.25) is 4.90 Å². The normalized spacial score (nSPS) is 27.9. The smallest absolute Gasteiger partial charge is 0.0594 e. The molecule has 0 saturated carbocycles. The summed E-state index contributed by atoms with van der Waals surface area (Å²) in [4.78, 5) is 5.28. The molecule has 2 aliphatic rings. The average molecular weight is 282 g/mol. The molecule has 0 aromatic rings. The van der Waals surface area contributed by atoms with Crippen LogP contribution in [0.4, 0.5) is 0 Å². The summed E-state index contributed by atoms with van der Waals surface area (Å²) < 4.78 is 5.43. The minimum Gasteiger partial charge on any atom is -0.379 e. The topological polar surface area (TPSA) is 15.7 Å². The van der Waals surface area contributed by atoms with E-state index < -0.39 is 0 Å². The molecule has 3 heteroatoms. The standard InChI is InChI=1S/C17H34N2O/c1-15(2)12-19-6-4-5-17(14-19)11-16(3)13-18-7-9-20-10-8-18/h15-17H,4-14H2,1-3H3. The zero-order valence-electron chi connectivity index (χ0n) is 13.8. The number of ether oxygens (including phenoxy) is 1. The molecule has 2 fully saturated rings. The van der Waals surface area contributed by atoms with Gasteiger partial charge in [-0.05, 0) is 43.6 Å². The molecule has 118 valence electrons. The zero-order valence-corrected chi connectivity index (χ0v) is 13.8. The Morgan fingerprint density at radius 2 is 1.75 bits per heavy atom. The Morgan fingerprint density at radius 3 is 2.45 bits per heavy atom. The third-order valence-electron chi connectivity index (χ3n) is 4.64. The van der Waals surface area contributed by atoms with Crippen LogP contribution in [-0.2, 0) is 4.74 Å². The fourth-order valence-electron chi connectivity index (χ4n) is 3.89. The highest BCUT2D eigenvalue weighted by molar-refractivity contribution is 4.76. The summed E-state index contributed by atoms with van der Waals surface area (Å²) in [6, 6.07) is 0. The van der Waals surface area contributed by atoms with E-state index in [2.05, 4.69) is 30.6 Å². The molecule has 20 heavy (non-hydrogen) atoms. The van der Waals surface area contributed by atoms with E-state index in [0.717, 1.165) is 44.1 Å². The van der Waals surface area contributed by atoms with E-state index in [4.69, 9.17) is 4.74 Å². The van der Waals surface area contributed by atoms with Gasteiger partial charge in [-0.2, -0.15) is 0 Å². The maximum absolute atomic E-state index is 5.43. The zero-order chi connectivity index (χ0) is 14.4. The van der Waals surface area contributed by atoms with Crippen molar-refractivity contribution in [1.29, 1.82) is 0 Å². The Morgan fingerprint density at radius 1 is 1.00 bits per heavy atom. The lowest BCUT2D eigenvalue weighted by atomic mass is 9.88. The van der Waals surface area contributed by atoms with Crippen molar-refractivity contribution in [3.63, 3.8) is 0 Å². The van der Waals surface area contributed by atoms with Crippen molar-refractivity contribution < 1.29 is 4.74 Å². The van der Waals surface area contributed by atoms with Gasteiger partial charge in [-0.15, -0.1) is 0 Å². The lowest BCUT2D eigenvalue weighted by molar-refractivity contribution is 0.0288. The molecule has 0 amide bonds. The van der Waals surface area contributed by atoms with Gasteiger partial charge < -0.3 is 9.64 Å². The van der Waals surface area contributed by atoms with Gasteiger partial charge >= 0.3 is 0 Å². The summed E-state index contributed by atoms with van der Waals surface area (Å²) in [7, 11) is 0. The number of rotatable bonds is 6. The molecular formula is C17H34N2O. The van der Waals surface area contributed by atoms with Crippen molar-refractivity contribution in [1.82, 2.24) is 9.80 Å². The maximum Gasteiger partial charge on any atom is 0.0594 e. The molecule has 2 unspecified atom stereocenters. The molecule has 2 aliphatic heterocycles. The van der Waals surface area contributed by atoms with Gasteiger partial charge in [0.25, 0.3) is 0 Å². The van der Waals surface area contributed by atoms with Gasteiger partial charge in [0.15, 0.2) is 0 Å². The van der Waals surface area contributed by atoms with Gasteiger partial charge in [-0.1, -0.05) is 20.8 Å². The fraction of sp³-hybridized carbons (Fsp3) is 1.00. The summed E-state index contributed by atoms with van der Waals surface area (Å²) in [5.74, 6) is 2.56. The quantitative estimate of drug-likeness (QED) is 0.745. The monoisotopic (exact) mass is 282 g/mol. The van der Waals surface area contributed by atoms with Gasteiger partial charge in [0.2, 0.25) is 0 Å². The largest absolute Gasteiger partial charge is 0.379 e. The van der Waals surface area contributed by atoms with Crippen LogP contribution in [0, 0.1) is 17.8 Å². The lowest BCUT2D eigenvalue weighted by Gasteiger charge is -2.36. The van der Waals surface area contributed by atoms with Gasteiger partial charge in [0, 0.05) is 32.7 Å². The first-order valence-electron chi connectivity index (χ1n) is 8.66. The summed E-state index contributed by atoms with van der Waals surface area (Å²) in [6.45, 7) is 16.5. The molecule has 0 bridgehead atoms. The number of piperidine rings is 1. The van der Waals surface area contributed by atoms with Crippen molar-refractivity contribution in [2.45, 2.75) is 40.0 Å². The summed E-state index contributed by atoms with van der Waals surface area (Å²) >= 11 is 0. The lowest BCUT2D eigenvalue weighted by Crippen LogP contribution is -2.41. The van der Waals surface area contributed by atoms with E-state index in [1.807, 2.05) is 0 Å². The number of nitrogens with zero attached hydrogens (tertiary/aromatic N) is 2. The molecule has 0 aromatic carbocycles. The average Bonchev–Trinajstić information content (AvgIpc) is 2.39. The van der Waals surface area contributed by atoms with Gasteiger partial charge in [-0.25, -0.2) is 0 Å². The highest BCUT2D eigenvalue weighted by atomic mass is 16.5. The van der Waals surface area contributed by atoms with Crippen LogP contribution in [0.25, 0.3) is 0 Å². The number of hydrogen-bond donors (Lipinski definition) is 0. The van der Waals surface area contributed by atoms with Crippen LogP contribution >= 0.6 is 0 Å². The van der Waals surface area contributed by atoms with Crippen LogP contribution in [0.5, 0.6) is 0 Å². The third-order valence-corrected chi connectivity index (χ3v) is 4.64. The highest BCUT2D eigenvalue weighted by Gasteiger charge is 2.23. The molecule has 3 nitrogen and oxygen atoms in total. The van der Waals surface area contributed by atoms with Crippen LogP contribution in [0.1, 0.15) is 40.0 Å². The maximum atomic E-state index is 5.43. The SMILES string of the molecule is CC(C)CN1CCCC(CC(C)CN2CCOCC2)C1. The number of hydrogen-bond acceptors (Lipinski definition) is 3. The van der Waals surface area contributed by atoms with E-state index >= 15 is 0 Å². The molecule has 0 aliphatic carbocycles. The predicted molar refractivity (Wildman–Crippen MR) is 85.0 cm³/mol. The molecule has 0 N–H and O–H groups in total. The first-order valence-corrected chi connectivity index (χ1v) is 8.66. The fourth-order valence-corrected chi connectivity index (χ4v) is 3.89. The molecule has 2 heterocycles. The third kappa shape index (κ3) is 5.71. The highest BCUT2D eigenvalue weighted by Crippen LogP contribution is 2.24. The minimum absolute atomic E-state index is 0.805. The van der Waals surface area contributed by atoms with E-state index in [1.165, 1.54) is 45.4 Å². The summed E-state index contributed by atoms with van der Waals surface area (Å²) in [5, 5.41) is 0. The number of likely N-dealkylation sites (tertiary alicyclic amines) is 1. The Balaban J connectivity index is 1.68. The molecule has 0 aromatic heterocycles. The first-order chi connectivity index (χ1) is 9.63. The Kier molecular flexibility index (Phi) is 6.79. The minimum atomic E-state index is 0.805. The second kappa shape index (κ2) is 8.35. The van der Waals surface area contributed by atoms with Crippen molar-refractivity contribution in [2.75, 3.05) is 52.5 Å². The second-order valence-electron chi connectivity index (χ2n) is 7.42. The summed E-state index contributed by atoms with van der Waals surface area (Å²) in [5.41, 5.74) is 0.